The summed E-state index contributed by atoms with van der Waals surface area (Å²) in [5.41, 5.74) is 0.941. The van der Waals surface area contributed by atoms with Gasteiger partial charge in [-0.2, -0.15) is 0 Å². The number of carbonyl (C=O) groups is 1. The van der Waals surface area contributed by atoms with Crippen molar-refractivity contribution in [2.75, 3.05) is 0 Å². The third-order valence-electron chi connectivity index (χ3n) is 4.14. The van der Waals surface area contributed by atoms with E-state index >= 15 is 0 Å². The Morgan fingerprint density at radius 1 is 1.17 bits per heavy atom. The number of hydrogen-bond donors (Lipinski definition) is 2. The highest BCUT2D eigenvalue weighted by molar-refractivity contribution is 5.67. The van der Waals surface area contributed by atoms with E-state index in [1.54, 1.807) is 0 Å². The molecule has 0 aliphatic heterocycles. The van der Waals surface area contributed by atoms with E-state index in [9.17, 15) is 13.6 Å². The highest BCUT2D eigenvalue weighted by atomic mass is 19.3. The van der Waals surface area contributed by atoms with Gasteiger partial charge in [0.05, 0.1) is 6.04 Å². The molecule has 0 heterocycles. The largest absolute Gasteiger partial charge is 0.445 e. The quantitative estimate of drug-likeness (QED) is 0.841. The van der Waals surface area contributed by atoms with E-state index in [2.05, 4.69) is 10.6 Å². The molecule has 1 aliphatic carbocycles. The van der Waals surface area contributed by atoms with E-state index in [-0.39, 0.29) is 18.7 Å². The number of nitrogens with one attached hydrogen (secondary N) is 2. The van der Waals surface area contributed by atoms with Crippen molar-refractivity contribution in [1.29, 1.82) is 0 Å². The average molecular weight is 326 g/mol. The van der Waals surface area contributed by atoms with Crippen LogP contribution in [0.1, 0.15) is 38.2 Å². The SMILES string of the molecule is CC(N[C@H]1CC[C@H](NC(=O)OCc2ccccc2)CC1)C(F)F. The van der Waals surface area contributed by atoms with Gasteiger partial charge in [0.15, 0.2) is 0 Å². The minimum atomic E-state index is -2.35. The molecule has 1 aromatic carbocycles. The number of alkyl halides is 2. The number of halogens is 2. The molecule has 0 radical (unpaired) electrons. The Balaban J connectivity index is 1.64. The lowest BCUT2D eigenvalue weighted by atomic mass is 9.91. The van der Waals surface area contributed by atoms with Crippen LogP contribution in [0.4, 0.5) is 13.6 Å². The molecule has 0 spiro atoms. The number of alkyl carbamates (subject to hydrolysis) is 1. The number of benzene rings is 1. The number of hydrogen-bond acceptors (Lipinski definition) is 3. The molecule has 1 aromatic rings. The first-order chi connectivity index (χ1) is 11.0. The minimum absolute atomic E-state index is 0.0539. The van der Waals surface area contributed by atoms with E-state index in [1.807, 2.05) is 30.3 Å². The third-order valence-corrected chi connectivity index (χ3v) is 4.14. The predicted molar refractivity (Wildman–Crippen MR) is 84.4 cm³/mol. The average Bonchev–Trinajstić information content (AvgIpc) is 2.55. The van der Waals surface area contributed by atoms with Crippen LogP contribution in [0, 0.1) is 0 Å². The zero-order chi connectivity index (χ0) is 16.7. The molecule has 0 saturated heterocycles. The van der Waals surface area contributed by atoms with Crippen LogP contribution in [0.2, 0.25) is 0 Å². The van der Waals surface area contributed by atoms with Crippen molar-refractivity contribution < 1.29 is 18.3 Å². The summed E-state index contributed by atoms with van der Waals surface area (Å²) < 4.78 is 30.2. The van der Waals surface area contributed by atoms with Crippen LogP contribution >= 0.6 is 0 Å². The van der Waals surface area contributed by atoms with Gasteiger partial charge in [-0.3, -0.25) is 0 Å². The molecule has 0 bridgehead atoms. The standard InChI is InChI=1S/C17H24F2N2O2/c1-12(16(18)19)20-14-7-9-15(10-8-14)21-17(22)23-11-13-5-3-2-4-6-13/h2-6,12,14-16,20H,7-11H2,1H3,(H,21,22)/t12?,14-,15-. The van der Waals surface area contributed by atoms with Crippen LogP contribution < -0.4 is 10.6 Å². The van der Waals surface area contributed by atoms with Gasteiger partial charge in [-0.15, -0.1) is 0 Å². The smallest absolute Gasteiger partial charge is 0.407 e. The van der Waals surface area contributed by atoms with Crippen molar-refractivity contribution in [2.24, 2.45) is 0 Å². The van der Waals surface area contributed by atoms with Crippen molar-refractivity contribution in [3.8, 4) is 0 Å². The molecule has 23 heavy (non-hydrogen) atoms. The van der Waals surface area contributed by atoms with Gasteiger partial charge in [-0.05, 0) is 38.2 Å². The van der Waals surface area contributed by atoms with Crippen LogP contribution in [-0.4, -0.2) is 30.6 Å². The van der Waals surface area contributed by atoms with Gasteiger partial charge >= 0.3 is 6.09 Å². The van der Waals surface area contributed by atoms with E-state index < -0.39 is 18.6 Å². The zero-order valence-electron chi connectivity index (χ0n) is 13.3. The zero-order valence-corrected chi connectivity index (χ0v) is 13.3. The fraction of sp³-hybridized carbons (Fsp3) is 0.588. The lowest BCUT2D eigenvalue weighted by Crippen LogP contribution is -2.46. The third kappa shape index (κ3) is 6.14. The van der Waals surface area contributed by atoms with E-state index in [0.29, 0.717) is 0 Å². The summed E-state index contributed by atoms with van der Waals surface area (Å²) in [5, 5.41) is 5.79. The second-order valence-electron chi connectivity index (χ2n) is 6.04. The molecule has 1 fully saturated rings. The summed E-state index contributed by atoms with van der Waals surface area (Å²) in [7, 11) is 0. The lowest BCUT2D eigenvalue weighted by molar-refractivity contribution is 0.0944. The normalized spacial score (nSPS) is 22.6. The molecule has 2 N–H and O–H groups in total. The fourth-order valence-electron chi connectivity index (χ4n) is 2.78. The second-order valence-corrected chi connectivity index (χ2v) is 6.04. The van der Waals surface area contributed by atoms with Crippen molar-refractivity contribution in [3.05, 3.63) is 35.9 Å². The molecule has 1 amide bonds. The molecule has 4 nitrogen and oxygen atoms in total. The minimum Gasteiger partial charge on any atom is -0.445 e. The highest BCUT2D eigenvalue weighted by Gasteiger charge is 2.25. The molecule has 1 atom stereocenters. The van der Waals surface area contributed by atoms with Crippen molar-refractivity contribution in [2.45, 2.75) is 63.8 Å². The van der Waals surface area contributed by atoms with Gasteiger partial charge in [0.25, 0.3) is 6.43 Å². The van der Waals surface area contributed by atoms with Gasteiger partial charge < -0.3 is 15.4 Å². The van der Waals surface area contributed by atoms with Gasteiger partial charge in [0, 0.05) is 12.1 Å². The Hall–Kier alpha value is -1.69. The Labute approximate surface area is 135 Å². The molecule has 1 unspecified atom stereocenters. The molecule has 0 aromatic heterocycles. The Bertz CT molecular complexity index is 477. The van der Waals surface area contributed by atoms with Crippen molar-refractivity contribution in [1.82, 2.24) is 10.6 Å². The molecule has 128 valence electrons. The number of ether oxygens (including phenoxy) is 1. The molecular weight excluding hydrogens is 302 g/mol. The first kappa shape index (κ1) is 17.7. The maximum atomic E-state index is 12.5. The summed E-state index contributed by atoms with van der Waals surface area (Å²) in [5.74, 6) is 0. The summed E-state index contributed by atoms with van der Waals surface area (Å²) >= 11 is 0. The Morgan fingerprint density at radius 2 is 1.78 bits per heavy atom. The fourth-order valence-corrected chi connectivity index (χ4v) is 2.78. The summed E-state index contributed by atoms with van der Waals surface area (Å²) in [6.07, 6.45) is 0.328. The van der Waals surface area contributed by atoms with Crippen LogP contribution in [-0.2, 0) is 11.3 Å². The van der Waals surface area contributed by atoms with Crippen molar-refractivity contribution in [3.63, 3.8) is 0 Å². The lowest BCUT2D eigenvalue weighted by Gasteiger charge is -2.31. The molecule has 6 heteroatoms. The Morgan fingerprint density at radius 3 is 2.39 bits per heavy atom. The Kier molecular flexibility index (Phi) is 6.77. The molecule has 1 saturated carbocycles. The van der Waals surface area contributed by atoms with Crippen LogP contribution in [0.25, 0.3) is 0 Å². The van der Waals surface area contributed by atoms with E-state index in [1.165, 1.54) is 6.92 Å². The first-order valence-electron chi connectivity index (χ1n) is 8.06. The van der Waals surface area contributed by atoms with Crippen LogP contribution in [0.15, 0.2) is 30.3 Å². The summed E-state index contributed by atoms with van der Waals surface area (Å²) in [4.78, 5) is 11.8. The van der Waals surface area contributed by atoms with E-state index in [4.69, 9.17) is 4.74 Å². The number of rotatable bonds is 6. The number of carbonyl (C=O) groups excluding carboxylic acids is 1. The predicted octanol–water partition coefficient (Wildman–Crippen LogP) is 3.47. The van der Waals surface area contributed by atoms with E-state index in [0.717, 1.165) is 31.2 Å². The molecule has 1 aliphatic rings. The monoisotopic (exact) mass is 326 g/mol. The molecular formula is C17H24F2N2O2. The van der Waals surface area contributed by atoms with Crippen LogP contribution in [0.5, 0.6) is 0 Å². The van der Waals surface area contributed by atoms with Gasteiger partial charge in [-0.1, -0.05) is 30.3 Å². The van der Waals surface area contributed by atoms with Gasteiger partial charge in [0.1, 0.15) is 6.61 Å². The highest BCUT2D eigenvalue weighted by Crippen LogP contribution is 2.20. The van der Waals surface area contributed by atoms with Crippen LogP contribution in [0.3, 0.4) is 0 Å². The van der Waals surface area contributed by atoms with Gasteiger partial charge in [-0.25, -0.2) is 13.6 Å². The summed E-state index contributed by atoms with van der Waals surface area (Å²) in [6, 6.07) is 8.85. The second kappa shape index (κ2) is 8.82. The number of amides is 1. The molecule has 2 rings (SSSR count). The first-order valence-corrected chi connectivity index (χ1v) is 8.06. The summed E-state index contributed by atoms with van der Waals surface area (Å²) in [6.45, 7) is 1.74. The van der Waals surface area contributed by atoms with Gasteiger partial charge in [0.2, 0.25) is 0 Å². The maximum absolute atomic E-state index is 12.5. The van der Waals surface area contributed by atoms with Crippen molar-refractivity contribution >= 4 is 6.09 Å². The topological polar surface area (TPSA) is 50.4 Å². The maximum Gasteiger partial charge on any atom is 0.407 e.